The lowest BCUT2D eigenvalue weighted by Crippen LogP contribution is -2.41. The van der Waals surface area contributed by atoms with Crippen LogP contribution in [0.25, 0.3) is 0 Å². The first kappa shape index (κ1) is 14.5. The van der Waals surface area contributed by atoms with E-state index >= 15 is 0 Å². The molecule has 108 valence electrons. The lowest BCUT2D eigenvalue weighted by Gasteiger charge is -2.24. The summed E-state index contributed by atoms with van der Waals surface area (Å²) in [5.41, 5.74) is 0.598. The molecule has 1 unspecified atom stereocenters. The van der Waals surface area contributed by atoms with Crippen molar-refractivity contribution in [3.05, 3.63) is 11.9 Å². The van der Waals surface area contributed by atoms with Crippen LogP contribution in [-0.4, -0.2) is 48.6 Å². The summed E-state index contributed by atoms with van der Waals surface area (Å²) in [6, 6.07) is 0.272. The minimum Gasteiger partial charge on any atom is -0.313 e. The second-order valence-corrected chi connectivity index (χ2v) is 6.92. The molecule has 7 heteroatoms. The normalized spacial score (nSPS) is 20.3. The molecule has 1 aromatic rings. The van der Waals surface area contributed by atoms with Crippen molar-refractivity contribution < 1.29 is 8.42 Å². The number of H-pyrrole nitrogens is 1. The monoisotopic (exact) mass is 286 g/mol. The maximum Gasteiger partial charge on any atom is 0.246 e. The molecule has 2 rings (SSSR count). The highest BCUT2D eigenvalue weighted by Crippen LogP contribution is 2.19. The van der Waals surface area contributed by atoms with Crippen molar-refractivity contribution in [3.63, 3.8) is 0 Å². The van der Waals surface area contributed by atoms with Crippen molar-refractivity contribution >= 4 is 10.0 Å². The fourth-order valence-electron chi connectivity index (χ4n) is 2.46. The van der Waals surface area contributed by atoms with Crippen LogP contribution < -0.4 is 5.32 Å². The maximum atomic E-state index is 12.6. The van der Waals surface area contributed by atoms with Gasteiger partial charge in [0.25, 0.3) is 0 Å². The predicted octanol–water partition coefficient (Wildman–Crippen LogP) is 0.871. The van der Waals surface area contributed by atoms with Crippen LogP contribution in [0.2, 0.25) is 0 Å². The van der Waals surface area contributed by atoms with Crippen molar-refractivity contribution in [3.8, 4) is 0 Å². The average molecular weight is 286 g/mol. The smallest absolute Gasteiger partial charge is 0.246 e. The third kappa shape index (κ3) is 3.16. The molecule has 2 heterocycles. The number of nitrogens with one attached hydrogen (secondary N) is 2. The van der Waals surface area contributed by atoms with Gasteiger partial charge in [0.1, 0.15) is 4.90 Å². The van der Waals surface area contributed by atoms with E-state index in [0.29, 0.717) is 23.7 Å². The zero-order valence-electron chi connectivity index (χ0n) is 11.5. The Hall–Kier alpha value is -0.920. The number of sulfonamides is 1. The van der Waals surface area contributed by atoms with Gasteiger partial charge >= 0.3 is 0 Å². The lowest BCUT2D eigenvalue weighted by atomic mass is 10.2. The molecule has 1 atom stereocenters. The Morgan fingerprint density at radius 2 is 2.32 bits per heavy atom. The summed E-state index contributed by atoms with van der Waals surface area (Å²) in [7, 11) is -3.44. The van der Waals surface area contributed by atoms with E-state index in [-0.39, 0.29) is 6.04 Å². The van der Waals surface area contributed by atoms with Gasteiger partial charge in [-0.1, -0.05) is 6.92 Å². The molecule has 1 fully saturated rings. The van der Waals surface area contributed by atoms with Gasteiger partial charge in [0.05, 0.1) is 11.9 Å². The Kier molecular flexibility index (Phi) is 4.59. The van der Waals surface area contributed by atoms with Gasteiger partial charge in [0.15, 0.2) is 0 Å². The van der Waals surface area contributed by atoms with Crippen LogP contribution in [0.3, 0.4) is 0 Å². The summed E-state index contributed by atoms with van der Waals surface area (Å²) in [6.45, 7) is 5.80. The van der Waals surface area contributed by atoms with Gasteiger partial charge in [-0.3, -0.25) is 5.10 Å². The van der Waals surface area contributed by atoms with Gasteiger partial charge in [-0.25, -0.2) is 8.42 Å². The van der Waals surface area contributed by atoms with Crippen LogP contribution in [0.4, 0.5) is 0 Å². The fraction of sp³-hybridized carbons (Fsp3) is 0.750. The SMILES string of the molecule is CCCN(CC1CCCN1)S(=O)(=O)c1cn[nH]c1C. The third-order valence-electron chi connectivity index (χ3n) is 3.46. The zero-order chi connectivity index (χ0) is 13.9. The highest BCUT2D eigenvalue weighted by molar-refractivity contribution is 7.89. The van der Waals surface area contributed by atoms with E-state index in [1.807, 2.05) is 6.92 Å². The van der Waals surface area contributed by atoms with Crippen LogP contribution in [0.1, 0.15) is 31.9 Å². The van der Waals surface area contributed by atoms with Gasteiger partial charge in [-0.15, -0.1) is 0 Å². The second kappa shape index (κ2) is 6.02. The zero-order valence-corrected chi connectivity index (χ0v) is 12.3. The van der Waals surface area contributed by atoms with Crippen LogP contribution in [0.15, 0.2) is 11.1 Å². The number of aromatic amines is 1. The van der Waals surface area contributed by atoms with Gasteiger partial charge in [-0.05, 0) is 32.7 Å². The molecule has 0 spiro atoms. The van der Waals surface area contributed by atoms with Gasteiger partial charge in [-0.2, -0.15) is 9.40 Å². The number of rotatable bonds is 6. The molecule has 0 amide bonds. The Morgan fingerprint density at radius 3 is 2.84 bits per heavy atom. The molecule has 1 aromatic heterocycles. The van der Waals surface area contributed by atoms with Crippen molar-refractivity contribution in [1.29, 1.82) is 0 Å². The van der Waals surface area contributed by atoms with E-state index < -0.39 is 10.0 Å². The van der Waals surface area contributed by atoms with Crippen molar-refractivity contribution in [2.75, 3.05) is 19.6 Å². The predicted molar refractivity (Wildman–Crippen MR) is 73.4 cm³/mol. The molecule has 1 aliphatic rings. The van der Waals surface area contributed by atoms with Crippen molar-refractivity contribution in [2.45, 2.75) is 44.0 Å². The Balaban J connectivity index is 2.19. The van der Waals surface area contributed by atoms with Crippen LogP contribution in [-0.2, 0) is 10.0 Å². The highest BCUT2D eigenvalue weighted by Gasteiger charge is 2.29. The van der Waals surface area contributed by atoms with Crippen molar-refractivity contribution in [2.24, 2.45) is 0 Å². The van der Waals surface area contributed by atoms with Crippen LogP contribution >= 0.6 is 0 Å². The molecule has 0 aromatic carbocycles. The standard InChI is InChI=1S/C12H22N4O2S/c1-3-7-16(9-11-5-4-6-13-11)19(17,18)12-8-14-15-10(12)2/h8,11,13H,3-7,9H2,1-2H3,(H,14,15). The van der Waals surface area contributed by atoms with Crippen molar-refractivity contribution in [1.82, 2.24) is 19.8 Å². The molecule has 1 saturated heterocycles. The second-order valence-electron chi connectivity index (χ2n) is 5.02. The number of aromatic nitrogens is 2. The topological polar surface area (TPSA) is 78.1 Å². The Morgan fingerprint density at radius 1 is 1.53 bits per heavy atom. The van der Waals surface area contributed by atoms with Gasteiger partial charge in [0, 0.05) is 19.1 Å². The largest absolute Gasteiger partial charge is 0.313 e. The number of nitrogens with zero attached hydrogens (tertiary/aromatic N) is 2. The third-order valence-corrected chi connectivity index (χ3v) is 5.44. The van der Waals surface area contributed by atoms with E-state index in [4.69, 9.17) is 0 Å². The Bertz CT molecular complexity index is 506. The molecule has 2 N–H and O–H groups in total. The summed E-state index contributed by atoms with van der Waals surface area (Å²) in [5, 5.41) is 9.86. The van der Waals surface area contributed by atoms with Gasteiger partial charge < -0.3 is 5.32 Å². The lowest BCUT2D eigenvalue weighted by molar-refractivity contribution is 0.369. The summed E-state index contributed by atoms with van der Waals surface area (Å²) in [5.74, 6) is 0. The summed E-state index contributed by atoms with van der Waals surface area (Å²) in [6.07, 6.45) is 4.37. The molecule has 6 nitrogen and oxygen atoms in total. The first-order chi connectivity index (χ1) is 9.05. The van der Waals surface area contributed by atoms with E-state index in [1.54, 1.807) is 11.2 Å². The summed E-state index contributed by atoms with van der Waals surface area (Å²) >= 11 is 0. The molecular formula is C12H22N4O2S. The van der Waals surface area contributed by atoms with E-state index in [0.717, 1.165) is 25.8 Å². The first-order valence-electron chi connectivity index (χ1n) is 6.79. The number of hydrogen-bond acceptors (Lipinski definition) is 4. The summed E-state index contributed by atoms with van der Waals surface area (Å²) < 4.78 is 26.8. The molecule has 0 radical (unpaired) electrons. The number of aryl methyl sites for hydroxylation is 1. The molecule has 0 saturated carbocycles. The minimum absolute atomic E-state index is 0.272. The quantitative estimate of drug-likeness (QED) is 0.813. The molecule has 0 bridgehead atoms. The maximum absolute atomic E-state index is 12.6. The minimum atomic E-state index is -3.44. The highest BCUT2D eigenvalue weighted by atomic mass is 32.2. The van der Waals surface area contributed by atoms with Crippen LogP contribution in [0.5, 0.6) is 0 Å². The molecule has 0 aliphatic carbocycles. The number of hydrogen-bond donors (Lipinski definition) is 2. The summed E-state index contributed by atoms with van der Waals surface area (Å²) in [4.78, 5) is 0.291. The molecular weight excluding hydrogens is 264 g/mol. The Labute approximate surface area is 114 Å². The fourth-order valence-corrected chi connectivity index (χ4v) is 4.15. The van der Waals surface area contributed by atoms with E-state index in [2.05, 4.69) is 15.5 Å². The van der Waals surface area contributed by atoms with Crippen LogP contribution in [0, 0.1) is 6.92 Å². The van der Waals surface area contributed by atoms with E-state index in [9.17, 15) is 8.42 Å². The first-order valence-corrected chi connectivity index (χ1v) is 8.23. The van der Waals surface area contributed by atoms with E-state index in [1.165, 1.54) is 6.20 Å². The average Bonchev–Trinajstić information content (AvgIpc) is 2.99. The molecule has 1 aliphatic heterocycles. The van der Waals surface area contributed by atoms with Gasteiger partial charge in [0.2, 0.25) is 10.0 Å². The molecule has 19 heavy (non-hydrogen) atoms.